The summed E-state index contributed by atoms with van der Waals surface area (Å²) in [5.74, 6) is -2.50. The van der Waals surface area contributed by atoms with Gasteiger partial charge in [-0.25, -0.2) is 13.8 Å². The highest BCUT2D eigenvalue weighted by molar-refractivity contribution is 6.29. The van der Waals surface area contributed by atoms with Crippen LogP contribution in [-0.4, -0.2) is 14.6 Å². The predicted molar refractivity (Wildman–Crippen MR) is 79.1 cm³/mol. The maximum Gasteiger partial charge on any atom is 0.234 e. The van der Waals surface area contributed by atoms with Gasteiger partial charge < -0.3 is 0 Å². The molecule has 1 fully saturated rings. The summed E-state index contributed by atoms with van der Waals surface area (Å²) in [6.45, 7) is 0. The van der Waals surface area contributed by atoms with Crippen LogP contribution in [0.2, 0.25) is 5.15 Å². The molecule has 8 heteroatoms. The van der Waals surface area contributed by atoms with Crippen LogP contribution in [-0.2, 0) is 0 Å². The molecule has 1 aliphatic carbocycles. The Balaban J connectivity index is 1.76. The van der Waals surface area contributed by atoms with Crippen LogP contribution in [0, 0.1) is 28.9 Å². The Labute approximate surface area is 139 Å². The first kappa shape index (κ1) is 15.0. The molecular weight excluding hydrogens is 341 g/mol. The van der Waals surface area contributed by atoms with Gasteiger partial charge in [-0.3, -0.25) is 0 Å². The maximum atomic E-state index is 14.2. The van der Waals surface area contributed by atoms with Crippen LogP contribution in [0.3, 0.4) is 0 Å². The normalized spacial score (nSPS) is 19.5. The Morgan fingerprint density at radius 3 is 2.62 bits per heavy atom. The molecule has 1 saturated carbocycles. The van der Waals surface area contributed by atoms with E-state index in [-0.39, 0.29) is 28.1 Å². The van der Waals surface area contributed by atoms with Gasteiger partial charge >= 0.3 is 0 Å². The zero-order valence-corrected chi connectivity index (χ0v) is 12.7. The van der Waals surface area contributed by atoms with Crippen molar-refractivity contribution in [3.63, 3.8) is 0 Å². The molecule has 1 aromatic carbocycles. The van der Waals surface area contributed by atoms with Crippen molar-refractivity contribution in [3.8, 4) is 6.07 Å². The number of fused-ring (bicyclic) bond motifs is 1. The Morgan fingerprint density at radius 1 is 1.12 bits per heavy atom. The second-order valence-electron chi connectivity index (χ2n) is 5.65. The summed E-state index contributed by atoms with van der Waals surface area (Å²) in [6.07, 6.45) is 1.58. The van der Waals surface area contributed by atoms with E-state index in [0.29, 0.717) is 17.6 Å². The highest BCUT2D eigenvalue weighted by Gasteiger charge is 2.43. The topological polar surface area (TPSA) is 54.0 Å². The Hall–Kier alpha value is -2.59. The van der Waals surface area contributed by atoms with Crippen molar-refractivity contribution in [2.75, 3.05) is 0 Å². The lowest BCUT2D eigenvalue weighted by Crippen LogP contribution is -2.00. The molecule has 4 rings (SSSR count). The monoisotopic (exact) mass is 348 g/mol. The van der Waals surface area contributed by atoms with Gasteiger partial charge in [0.15, 0.2) is 10.8 Å². The van der Waals surface area contributed by atoms with Crippen LogP contribution in [0.5, 0.6) is 0 Å². The lowest BCUT2D eigenvalue weighted by Gasteiger charge is -2.06. The zero-order chi connectivity index (χ0) is 17.0. The molecule has 4 nitrogen and oxygen atoms in total. The van der Waals surface area contributed by atoms with Crippen LogP contribution in [0.4, 0.5) is 13.2 Å². The van der Waals surface area contributed by atoms with Gasteiger partial charge in [-0.2, -0.15) is 19.3 Å². The second kappa shape index (κ2) is 5.21. The quantitative estimate of drug-likeness (QED) is 0.704. The Bertz CT molecular complexity index is 1020. The first-order valence-electron chi connectivity index (χ1n) is 7.08. The van der Waals surface area contributed by atoms with Gasteiger partial charge in [0.25, 0.3) is 0 Å². The van der Waals surface area contributed by atoms with Gasteiger partial charge in [0.1, 0.15) is 17.7 Å². The molecule has 0 saturated heterocycles. The van der Waals surface area contributed by atoms with Crippen LogP contribution < -0.4 is 0 Å². The van der Waals surface area contributed by atoms with Crippen molar-refractivity contribution in [2.45, 2.75) is 18.3 Å². The molecule has 2 heterocycles. The lowest BCUT2D eigenvalue weighted by molar-refractivity contribution is 0.548. The van der Waals surface area contributed by atoms with Gasteiger partial charge in [-0.15, -0.1) is 0 Å². The third kappa shape index (κ3) is 2.22. The zero-order valence-electron chi connectivity index (χ0n) is 12.0. The van der Waals surface area contributed by atoms with Gasteiger partial charge in [-0.05, 0) is 42.0 Å². The minimum Gasteiger partial charge on any atom is -0.232 e. The standard InChI is InChI=1S/C16H8ClF3N4/c17-14-4-11(16-22-6-15(20)24(16)23-14)9-2-8(9)10-3-12(18)7(5-21)1-13(10)19/h1,3-4,6,8-9H,2H2/t8-,9?/m0/s1. The predicted octanol–water partition coefficient (Wildman–Crippen LogP) is 3.94. The smallest absolute Gasteiger partial charge is 0.232 e. The SMILES string of the molecule is N#Cc1cc(F)c([C@H]2CC2c2cc(Cl)nn3c(F)cnc23)cc1F. The van der Waals surface area contributed by atoms with Gasteiger partial charge in [0, 0.05) is 5.56 Å². The number of benzene rings is 1. The molecule has 0 spiro atoms. The number of rotatable bonds is 2. The van der Waals surface area contributed by atoms with Crippen molar-refractivity contribution < 1.29 is 13.2 Å². The third-order valence-corrected chi connectivity index (χ3v) is 4.41. The first-order valence-corrected chi connectivity index (χ1v) is 7.46. The fourth-order valence-corrected chi connectivity index (χ4v) is 3.21. The number of nitrogens with zero attached hydrogens (tertiary/aromatic N) is 4. The van der Waals surface area contributed by atoms with E-state index in [1.54, 1.807) is 12.1 Å². The fraction of sp³-hybridized carbons (Fsp3) is 0.188. The van der Waals surface area contributed by atoms with Crippen LogP contribution in [0.15, 0.2) is 24.4 Å². The molecule has 2 atom stereocenters. The van der Waals surface area contributed by atoms with Crippen molar-refractivity contribution in [1.82, 2.24) is 14.6 Å². The fourth-order valence-electron chi connectivity index (χ4n) is 3.02. The highest BCUT2D eigenvalue weighted by atomic mass is 35.5. The van der Waals surface area contributed by atoms with E-state index in [0.717, 1.165) is 22.8 Å². The number of imidazole rings is 1. The average molecular weight is 349 g/mol. The maximum absolute atomic E-state index is 14.2. The molecule has 1 aliphatic rings. The molecule has 120 valence electrons. The van der Waals surface area contributed by atoms with E-state index >= 15 is 0 Å². The van der Waals surface area contributed by atoms with Crippen LogP contribution >= 0.6 is 11.6 Å². The molecule has 2 aromatic heterocycles. The van der Waals surface area contributed by atoms with Crippen molar-refractivity contribution in [1.29, 1.82) is 5.26 Å². The van der Waals surface area contributed by atoms with Crippen molar-refractivity contribution in [3.05, 3.63) is 63.8 Å². The molecule has 3 aromatic rings. The summed E-state index contributed by atoms with van der Waals surface area (Å²) >= 11 is 5.92. The van der Waals surface area contributed by atoms with Crippen molar-refractivity contribution in [2.24, 2.45) is 0 Å². The number of halogens is 4. The van der Waals surface area contributed by atoms with Crippen LogP contribution in [0.25, 0.3) is 5.65 Å². The van der Waals surface area contributed by atoms with E-state index in [4.69, 9.17) is 16.9 Å². The van der Waals surface area contributed by atoms with E-state index in [9.17, 15) is 13.2 Å². The first-order chi connectivity index (χ1) is 11.5. The Kier molecular flexibility index (Phi) is 3.25. The molecule has 0 aliphatic heterocycles. The highest BCUT2D eigenvalue weighted by Crippen LogP contribution is 2.56. The Morgan fingerprint density at radius 2 is 1.88 bits per heavy atom. The number of aromatic nitrogens is 3. The molecular formula is C16H8ClF3N4. The average Bonchev–Trinajstić information content (AvgIpc) is 3.26. The molecule has 0 amide bonds. The van der Waals surface area contributed by atoms with Gasteiger partial charge in [0.05, 0.1) is 11.8 Å². The number of hydrogen-bond acceptors (Lipinski definition) is 3. The van der Waals surface area contributed by atoms with E-state index in [1.165, 1.54) is 0 Å². The molecule has 0 N–H and O–H groups in total. The second-order valence-corrected chi connectivity index (χ2v) is 6.04. The molecule has 0 bridgehead atoms. The lowest BCUT2D eigenvalue weighted by atomic mass is 10.0. The molecule has 24 heavy (non-hydrogen) atoms. The van der Waals surface area contributed by atoms with Crippen LogP contribution in [0.1, 0.15) is 34.9 Å². The number of nitriles is 1. The van der Waals surface area contributed by atoms with E-state index < -0.39 is 17.6 Å². The van der Waals surface area contributed by atoms with Gasteiger partial charge in [0.2, 0.25) is 5.95 Å². The summed E-state index contributed by atoms with van der Waals surface area (Å²) in [7, 11) is 0. The minimum absolute atomic E-state index is 0.0894. The van der Waals surface area contributed by atoms with E-state index in [1.807, 2.05) is 0 Å². The molecule has 0 radical (unpaired) electrons. The van der Waals surface area contributed by atoms with E-state index in [2.05, 4.69) is 10.1 Å². The summed E-state index contributed by atoms with van der Waals surface area (Å²) < 4.78 is 42.6. The summed E-state index contributed by atoms with van der Waals surface area (Å²) in [5, 5.41) is 12.7. The summed E-state index contributed by atoms with van der Waals surface area (Å²) in [4.78, 5) is 3.97. The largest absolute Gasteiger partial charge is 0.234 e. The van der Waals surface area contributed by atoms with Gasteiger partial charge in [-0.1, -0.05) is 11.6 Å². The minimum atomic E-state index is -0.760. The molecule has 1 unspecified atom stereocenters. The third-order valence-electron chi connectivity index (χ3n) is 4.22. The van der Waals surface area contributed by atoms with Crippen molar-refractivity contribution >= 4 is 17.2 Å². The summed E-state index contributed by atoms with van der Waals surface area (Å²) in [5.41, 5.74) is 0.791. The number of hydrogen-bond donors (Lipinski definition) is 0. The summed E-state index contributed by atoms with van der Waals surface area (Å²) in [6, 6.07) is 5.11.